The average molecular weight is 310 g/mol. The molecule has 0 aliphatic carbocycles. The maximum Gasteiger partial charge on any atom is 0.328 e. The van der Waals surface area contributed by atoms with Crippen LogP contribution in [-0.4, -0.2) is 39.8 Å². The van der Waals surface area contributed by atoms with Crippen molar-refractivity contribution in [3.8, 4) is 0 Å². The molecule has 0 fully saturated rings. The Balaban J connectivity index is 2.50. The van der Waals surface area contributed by atoms with Gasteiger partial charge in [-0.3, -0.25) is 5.32 Å². The van der Waals surface area contributed by atoms with E-state index < -0.39 is 24.6 Å². The summed E-state index contributed by atoms with van der Waals surface area (Å²) in [5, 5.41) is 22.0. The van der Waals surface area contributed by atoms with Gasteiger partial charge in [0.1, 0.15) is 0 Å². The van der Waals surface area contributed by atoms with Crippen LogP contribution < -0.4 is 10.6 Å². The quantitative estimate of drug-likeness (QED) is 0.646. The van der Waals surface area contributed by atoms with E-state index in [9.17, 15) is 9.59 Å². The van der Waals surface area contributed by atoms with Crippen molar-refractivity contribution in [3.05, 3.63) is 9.98 Å². The number of halogens is 1. The number of nitrogens with one attached hydrogen (secondary N) is 2. The predicted molar refractivity (Wildman–Crippen MR) is 60.5 cm³/mol. The molecule has 0 saturated heterocycles. The van der Waals surface area contributed by atoms with Crippen molar-refractivity contribution in [2.24, 2.45) is 0 Å². The Hall–Kier alpha value is -1.19. The fourth-order valence-electron chi connectivity index (χ4n) is 0.789. The third-order valence-corrected chi connectivity index (χ3v) is 2.88. The zero-order valence-corrected chi connectivity index (χ0v) is 10.2. The van der Waals surface area contributed by atoms with Crippen LogP contribution in [0, 0.1) is 0 Å². The summed E-state index contributed by atoms with van der Waals surface area (Å²) in [7, 11) is 0. The fourth-order valence-corrected chi connectivity index (χ4v) is 1.89. The van der Waals surface area contributed by atoms with Crippen LogP contribution in [-0.2, 0) is 4.79 Å². The van der Waals surface area contributed by atoms with Gasteiger partial charge in [0, 0.05) is 0 Å². The third kappa shape index (κ3) is 3.76. The van der Waals surface area contributed by atoms with Crippen LogP contribution in [0.25, 0.3) is 0 Å². The zero-order valence-electron chi connectivity index (χ0n) is 7.81. The van der Waals surface area contributed by atoms with Gasteiger partial charge in [-0.15, -0.1) is 0 Å². The molecule has 0 spiro atoms. The number of carbonyl (C=O) groups is 2. The second-order valence-electron chi connectivity index (χ2n) is 2.64. The maximum atomic E-state index is 11.3. The van der Waals surface area contributed by atoms with E-state index in [1.54, 1.807) is 0 Å². The summed E-state index contributed by atoms with van der Waals surface area (Å²) in [5.41, 5.74) is 0. The largest absolute Gasteiger partial charge is 0.480 e. The number of carbonyl (C=O) groups excluding carboxylic acids is 1. The monoisotopic (exact) mass is 309 g/mol. The number of rotatable bonds is 4. The summed E-state index contributed by atoms with van der Waals surface area (Å²) in [5.74, 6) is -1.31. The second-order valence-corrected chi connectivity index (χ2v) is 5.05. The number of carboxylic acids is 1. The lowest BCUT2D eigenvalue weighted by atomic mass is 10.3. The van der Waals surface area contributed by atoms with Crippen LogP contribution in [0.1, 0.15) is 0 Å². The molecule has 0 saturated carbocycles. The van der Waals surface area contributed by atoms with E-state index in [4.69, 9.17) is 10.2 Å². The number of aliphatic hydroxyl groups is 1. The van der Waals surface area contributed by atoms with Crippen molar-refractivity contribution in [2.75, 3.05) is 11.9 Å². The summed E-state index contributed by atoms with van der Waals surface area (Å²) >= 11 is 4.34. The van der Waals surface area contributed by atoms with Gasteiger partial charge in [0.05, 0.1) is 16.6 Å². The first kappa shape index (κ1) is 12.9. The number of aliphatic hydroxyl groups excluding tert-OH is 1. The number of anilines is 1. The minimum absolute atomic E-state index is 0.325. The first-order valence-corrected chi connectivity index (χ1v) is 5.66. The van der Waals surface area contributed by atoms with Crippen LogP contribution >= 0.6 is 27.3 Å². The van der Waals surface area contributed by atoms with E-state index >= 15 is 0 Å². The summed E-state index contributed by atoms with van der Waals surface area (Å²) < 4.78 is 0.736. The minimum Gasteiger partial charge on any atom is -0.480 e. The van der Waals surface area contributed by atoms with E-state index in [0.717, 1.165) is 3.79 Å². The molecule has 0 aliphatic heterocycles. The van der Waals surface area contributed by atoms with Gasteiger partial charge in [-0.2, -0.15) is 0 Å². The van der Waals surface area contributed by atoms with Gasteiger partial charge in [-0.1, -0.05) is 11.3 Å². The number of hydrogen-bond acceptors (Lipinski definition) is 5. The number of urea groups is 1. The first-order valence-electron chi connectivity index (χ1n) is 4.05. The molecular weight excluding hydrogens is 302 g/mol. The molecule has 1 rings (SSSR count). The smallest absolute Gasteiger partial charge is 0.328 e. The number of carboxylic acid groups (broad SMARTS) is 1. The standard InChI is InChI=1S/C7H8BrN3O4S/c8-4-1-9-7(16-4)11-6(15)10-3(2-12)5(13)14/h1,3,12H,2H2,(H,13,14)(H2,9,10,11,15). The highest BCUT2D eigenvalue weighted by Gasteiger charge is 2.18. The van der Waals surface area contributed by atoms with Gasteiger partial charge in [-0.05, 0) is 15.9 Å². The first-order chi connectivity index (χ1) is 7.52. The summed E-state index contributed by atoms with van der Waals surface area (Å²) in [4.78, 5) is 25.6. The van der Waals surface area contributed by atoms with Crippen molar-refractivity contribution in [1.29, 1.82) is 0 Å². The Morgan fingerprint density at radius 2 is 2.31 bits per heavy atom. The third-order valence-electron chi connectivity index (χ3n) is 1.48. The number of aliphatic carboxylic acids is 1. The normalized spacial score (nSPS) is 11.9. The Morgan fingerprint density at radius 1 is 1.62 bits per heavy atom. The van der Waals surface area contributed by atoms with Crippen molar-refractivity contribution in [2.45, 2.75) is 6.04 Å². The number of amides is 2. The highest BCUT2D eigenvalue weighted by Crippen LogP contribution is 2.22. The highest BCUT2D eigenvalue weighted by atomic mass is 79.9. The Labute approximate surface area is 103 Å². The number of thiazole rings is 1. The molecule has 7 nitrogen and oxygen atoms in total. The van der Waals surface area contributed by atoms with Crippen LogP contribution in [0.4, 0.5) is 9.93 Å². The molecule has 1 heterocycles. The Kier molecular flexibility index (Phi) is 4.65. The van der Waals surface area contributed by atoms with Gasteiger partial charge in [0.2, 0.25) is 0 Å². The summed E-state index contributed by atoms with van der Waals surface area (Å²) in [6.07, 6.45) is 1.50. The van der Waals surface area contributed by atoms with Crippen LogP contribution in [0.15, 0.2) is 9.98 Å². The molecule has 16 heavy (non-hydrogen) atoms. The lowest BCUT2D eigenvalue weighted by Gasteiger charge is -2.11. The maximum absolute atomic E-state index is 11.3. The predicted octanol–water partition coefficient (Wildman–Crippen LogP) is 0.473. The highest BCUT2D eigenvalue weighted by molar-refractivity contribution is 9.11. The van der Waals surface area contributed by atoms with E-state index in [1.165, 1.54) is 17.5 Å². The van der Waals surface area contributed by atoms with Crippen molar-refractivity contribution in [1.82, 2.24) is 10.3 Å². The molecule has 1 atom stereocenters. The number of hydrogen-bond donors (Lipinski definition) is 4. The van der Waals surface area contributed by atoms with Crippen molar-refractivity contribution < 1.29 is 19.8 Å². The molecule has 1 unspecified atom stereocenters. The van der Waals surface area contributed by atoms with Crippen LogP contribution in [0.3, 0.4) is 0 Å². The molecule has 0 radical (unpaired) electrons. The number of aromatic nitrogens is 1. The fraction of sp³-hybridized carbons (Fsp3) is 0.286. The summed E-state index contributed by atoms with van der Waals surface area (Å²) in [6, 6.07) is -2.06. The van der Waals surface area contributed by atoms with Gasteiger partial charge >= 0.3 is 12.0 Å². The lowest BCUT2D eigenvalue weighted by molar-refractivity contribution is -0.140. The molecule has 4 N–H and O–H groups in total. The molecule has 88 valence electrons. The van der Waals surface area contributed by atoms with Crippen LogP contribution in [0.5, 0.6) is 0 Å². The van der Waals surface area contributed by atoms with Crippen LogP contribution in [0.2, 0.25) is 0 Å². The van der Waals surface area contributed by atoms with Gasteiger partial charge in [0.25, 0.3) is 0 Å². The molecule has 1 aromatic heterocycles. The Morgan fingerprint density at radius 3 is 2.75 bits per heavy atom. The molecule has 9 heteroatoms. The molecule has 0 bridgehead atoms. The molecule has 2 amide bonds. The Bertz CT molecular complexity index is 397. The van der Waals surface area contributed by atoms with Gasteiger partial charge < -0.3 is 15.5 Å². The van der Waals surface area contributed by atoms with Crippen molar-refractivity contribution in [3.63, 3.8) is 0 Å². The molecule has 0 aromatic carbocycles. The average Bonchev–Trinajstić information content (AvgIpc) is 2.60. The summed E-state index contributed by atoms with van der Waals surface area (Å²) in [6.45, 7) is -0.676. The topological polar surface area (TPSA) is 112 Å². The van der Waals surface area contributed by atoms with Gasteiger partial charge in [-0.25, -0.2) is 14.6 Å². The molecule has 0 aliphatic rings. The zero-order chi connectivity index (χ0) is 12.1. The molecular formula is C7H8BrN3O4S. The molecule has 1 aromatic rings. The minimum atomic E-state index is -1.33. The second kappa shape index (κ2) is 5.77. The SMILES string of the molecule is O=C(Nc1ncc(Br)s1)NC(CO)C(=O)O. The van der Waals surface area contributed by atoms with Gasteiger partial charge in [0.15, 0.2) is 11.2 Å². The van der Waals surface area contributed by atoms with Crippen molar-refractivity contribution >= 4 is 44.4 Å². The van der Waals surface area contributed by atoms with E-state index in [1.807, 2.05) is 0 Å². The van der Waals surface area contributed by atoms with E-state index in [0.29, 0.717) is 5.13 Å². The van der Waals surface area contributed by atoms with E-state index in [-0.39, 0.29) is 0 Å². The lowest BCUT2D eigenvalue weighted by Crippen LogP contribution is -2.45. The van der Waals surface area contributed by atoms with E-state index in [2.05, 4.69) is 31.5 Å². The number of nitrogens with zero attached hydrogens (tertiary/aromatic N) is 1.